The summed E-state index contributed by atoms with van der Waals surface area (Å²) in [6.07, 6.45) is 1.64. The molecule has 0 aromatic heterocycles. The van der Waals surface area contributed by atoms with E-state index in [1.54, 1.807) is 24.3 Å². The summed E-state index contributed by atoms with van der Waals surface area (Å²) in [7, 11) is 0. The van der Waals surface area contributed by atoms with Crippen LogP contribution in [0.3, 0.4) is 0 Å². The van der Waals surface area contributed by atoms with Crippen molar-refractivity contribution in [1.29, 1.82) is 10.5 Å². The number of fused-ring (bicyclic) bond motifs is 1. The number of nitriles is 2. The highest BCUT2D eigenvalue weighted by atomic mass is 16.1. The van der Waals surface area contributed by atoms with Crippen LogP contribution in [0.5, 0.6) is 0 Å². The van der Waals surface area contributed by atoms with Crippen LogP contribution in [0.4, 0.5) is 11.4 Å². The van der Waals surface area contributed by atoms with Crippen LogP contribution in [0.2, 0.25) is 0 Å². The summed E-state index contributed by atoms with van der Waals surface area (Å²) in [4.78, 5) is 11.2. The van der Waals surface area contributed by atoms with Crippen LogP contribution in [0.1, 0.15) is 5.56 Å². The van der Waals surface area contributed by atoms with Crippen molar-refractivity contribution in [2.75, 3.05) is 10.6 Å². The number of amides is 1. The van der Waals surface area contributed by atoms with Crippen molar-refractivity contribution >= 4 is 17.3 Å². The number of hydrogen-bond donors (Lipinski definition) is 2. The largest absolute Gasteiger partial charge is 0.360 e. The molecule has 1 aliphatic rings. The van der Waals surface area contributed by atoms with E-state index in [0.29, 0.717) is 6.42 Å². The number of benzene rings is 1. The van der Waals surface area contributed by atoms with Crippen LogP contribution < -0.4 is 10.6 Å². The van der Waals surface area contributed by atoms with Gasteiger partial charge in [0.05, 0.1) is 6.42 Å². The highest BCUT2D eigenvalue weighted by molar-refractivity contribution is 6.01. The van der Waals surface area contributed by atoms with Gasteiger partial charge in [0.15, 0.2) is 0 Å². The molecular formula is C12H8N4O. The van der Waals surface area contributed by atoms with Crippen molar-refractivity contribution in [3.05, 3.63) is 35.5 Å². The molecule has 0 bridgehead atoms. The molecule has 0 atom stereocenters. The van der Waals surface area contributed by atoms with E-state index in [1.807, 2.05) is 6.07 Å². The van der Waals surface area contributed by atoms with Gasteiger partial charge in [-0.15, -0.1) is 0 Å². The fraction of sp³-hybridized carbons (Fsp3) is 0.0833. The highest BCUT2D eigenvalue weighted by Gasteiger charge is 2.19. The van der Waals surface area contributed by atoms with Crippen LogP contribution in [0.15, 0.2) is 30.0 Å². The Hall–Kier alpha value is -2.79. The topological polar surface area (TPSA) is 88.7 Å². The molecule has 2 rings (SSSR count). The third-order valence-corrected chi connectivity index (χ3v) is 2.40. The summed E-state index contributed by atoms with van der Waals surface area (Å²) in [6.45, 7) is 0. The first kappa shape index (κ1) is 10.7. The summed E-state index contributed by atoms with van der Waals surface area (Å²) in [5, 5.41) is 22.8. The summed E-state index contributed by atoms with van der Waals surface area (Å²) in [5.41, 5.74) is 2.33. The summed E-state index contributed by atoms with van der Waals surface area (Å²) >= 11 is 0. The molecule has 1 aromatic rings. The van der Waals surface area contributed by atoms with E-state index in [4.69, 9.17) is 10.5 Å². The van der Waals surface area contributed by atoms with Gasteiger partial charge in [0.1, 0.15) is 17.7 Å². The lowest BCUT2D eigenvalue weighted by Gasteiger charge is -2.06. The van der Waals surface area contributed by atoms with Crippen LogP contribution in [0, 0.1) is 22.7 Å². The predicted molar refractivity (Wildman–Crippen MR) is 61.7 cm³/mol. The first-order chi connectivity index (χ1) is 8.24. The first-order valence-electron chi connectivity index (χ1n) is 4.93. The van der Waals surface area contributed by atoms with Gasteiger partial charge in [-0.2, -0.15) is 10.5 Å². The Balaban J connectivity index is 2.29. The molecule has 5 nitrogen and oxygen atoms in total. The molecule has 0 unspecified atom stereocenters. The third-order valence-electron chi connectivity index (χ3n) is 2.40. The van der Waals surface area contributed by atoms with Gasteiger partial charge in [-0.1, -0.05) is 6.07 Å². The minimum absolute atomic E-state index is 0.0140. The molecule has 0 spiro atoms. The zero-order valence-electron chi connectivity index (χ0n) is 8.82. The Bertz CT molecular complexity index is 574. The normalized spacial score (nSPS) is 11.8. The van der Waals surface area contributed by atoms with Gasteiger partial charge in [0.25, 0.3) is 0 Å². The maximum Gasteiger partial charge on any atom is 0.228 e. The number of nitrogens with zero attached hydrogens (tertiary/aromatic N) is 2. The van der Waals surface area contributed by atoms with E-state index in [2.05, 4.69) is 10.6 Å². The molecule has 1 aromatic carbocycles. The molecule has 5 heteroatoms. The quantitative estimate of drug-likeness (QED) is 0.745. The van der Waals surface area contributed by atoms with Gasteiger partial charge in [0, 0.05) is 23.1 Å². The Morgan fingerprint density at radius 2 is 2.18 bits per heavy atom. The first-order valence-corrected chi connectivity index (χ1v) is 4.93. The Morgan fingerprint density at radius 3 is 2.88 bits per heavy atom. The maximum atomic E-state index is 11.2. The molecule has 0 saturated heterocycles. The highest BCUT2D eigenvalue weighted by Crippen LogP contribution is 2.29. The minimum Gasteiger partial charge on any atom is -0.360 e. The van der Waals surface area contributed by atoms with Crippen LogP contribution in [-0.2, 0) is 11.2 Å². The van der Waals surface area contributed by atoms with Gasteiger partial charge in [-0.05, 0) is 12.1 Å². The van der Waals surface area contributed by atoms with Gasteiger partial charge in [-0.3, -0.25) is 4.79 Å². The fourth-order valence-electron chi connectivity index (χ4n) is 1.62. The molecule has 1 aliphatic heterocycles. The standard InChI is InChI=1S/C12H8N4O/c13-5-8(6-14)7-15-10-2-1-3-11-9(10)4-12(17)16-11/h1-3,7,15H,4H2,(H,16,17). The Labute approximate surface area is 98.0 Å². The molecule has 1 heterocycles. The van der Waals surface area contributed by atoms with E-state index in [1.165, 1.54) is 6.20 Å². The molecule has 82 valence electrons. The summed E-state index contributed by atoms with van der Waals surface area (Å²) < 4.78 is 0. The molecular weight excluding hydrogens is 216 g/mol. The number of rotatable bonds is 2. The molecule has 0 aliphatic carbocycles. The number of nitrogens with one attached hydrogen (secondary N) is 2. The van der Waals surface area contributed by atoms with E-state index < -0.39 is 0 Å². The minimum atomic E-state index is -0.0565. The lowest BCUT2D eigenvalue weighted by atomic mass is 10.1. The van der Waals surface area contributed by atoms with Crippen molar-refractivity contribution in [3.63, 3.8) is 0 Å². The average molecular weight is 224 g/mol. The van der Waals surface area contributed by atoms with Crippen molar-refractivity contribution in [3.8, 4) is 12.1 Å². The molecule has 17 heavy (non-hydrogen) atoms. The van der Waals surface area contributed by atoms with Crippen molar-refractivity contribution < 1.29 is 4.79 Å². The van der Waals surface area contributed by atoms with Gasteiger partial charge in [0.2, 0.25) is 5.91 Å². The molecule has 0 radical (unpaired) electrons. The maximum absolute atomic E-state index is 11.2. The van der Waals surface area contributed by atoms with E-state index >= 15 is 0 Å². The monoisotopic (exact) mass is 224 g/mol. The predicted octanol–water partition coefficient (Wildman–Crippen LogP) is 1.52. The molecule has 1 amide bonds. The van der Waals surface area contributed by atoms with Crippen molar-refractivity contribution in [2.45, 2.75) is 6.42 Å². The SMILES string of the molecule is N#CC(C#N)=CNc1cccc2c1CC(=O)N2. The van der Waals surface area contributed by atoms with Gasteiger partial charge in [-0.25, -0.2) is 0 Å². The summed E-state index contributed by atoms with van der Waals surface area (Å²) in [6, 6.07) is 8.90. The second kappa shape index (κ2) is 4.38. The van der Waals surface area contributed by atoms with E-state index in [-0.39, 0.29) is 11.5 Å². The van der Waals surface area contributed by atoms with Crippen molar-refractivity contribution in [1.82, 2.24) is 0 Å². The lowest BCUT2D eigenvalue weighted by molar-refractivity contribution is -0.115. The summed E-state index contributed by atoms with van der Waals surface area (Å²) in [5.74, 6) is -0.0565. The number of allylic oxidation sites excluding steroid dienone is 1. The lowest BCUT2D eigenvalue weighted by Crippen LogP contribution is -2.03. The fourth-order valence-corrected chi connectivity index (χ4v) is 1.62. The second-order valence-corrected chi connectivity index (χ2v) is 3.48. The van der Waals surface area contributed by atoms with Crippen LogP contribution >= 0.6 is 0 Å². The average Bonchev–Trinajstić information content (AvgIpc) is 2.71. The van der Waals surface area contributed by atoms with E-state index in [9.17, 15) is 4.79 Å². The number of anilines is 2. The van der Waals surface area contributed by atoms with Crippen LogP contribution in [-0.4, -0.2) is 5.91 Å². The number of hydrogen-bond acceptors (Lipinski definition) is 4. The zero-order valence-corrected chi connectivity index (χ0v) is 8.82. The van der Waals surface area contributed by atoms with Gasteiger partial charge < -0.3 is 10.6 Å². The number of carbonyl (C=O) groups is 1. The Kier molecular flexibility index (Phi) is 2.76. The third kappa shape index (κ3) is 2.09. The van der Waals surface area contributed by atoms with Gasteiger partial charge >= 0.3 is 0 Å². The number of carbonyl (C=O) groups excluding carboxylic acids is 1. The molecule has 2 N–H and O–H groups in total. The second-order valence-electron chi connectivity index (χ2n) is 3.48. The van der Waals surface area contributed by atoms with Crippen molar-refractivity contribution in [2.24, 2.45) is 0 Å². The Morgan fingerprint density at radius 1 is 1.41 bits per heavy atom. The molecule has 0 fully saturated rings. The zero-order chi connectivity index (χ0) is 12.3. The molecule has 0 saturated carbocycles. The van der Waals surface area contributed by atoms with E-state index in [0.717, 1.165) is 16.9 Å². The van der Waals surface area contributed by atoms with Crippen LogP contribution in [0.25, 0.3) is 0 Å². The smallest absolute Gasteiger partial charge is 0.228 e.